The van der Waals surface area contributed by atoms with Crippen LogP contribution in [0, 0.1) is 12.8 Å². The largest absolute Gasteiger partial charge is 0.306 e. The van der Waals surface area contributed by atoms with Crippen LogP contribution in [-0.4, -0.2) is 30.0 Å². The zero-order chi connectivity index (χ0) is 16.1. The molecule has 0 bridgehead atoms. The van der Waals surface area contributed by atoms with E-state index in [0.29, 0.717) is 0 Å². The third-order valence-electron chi connectivity index (χ3n) is 5.07. The van der Waals surface area contributed by atoms with Crippen molar-refractivity contribution in [1.82, 2.24) is 9.88 Å². The third kappa shape index (κ3) is 4.65. The smallest absolute Gasteiger partial charge is 0.0438 e. The molecule has 1 aliphatic rings. The van der Waals surface area contributed by atoms with Crippen LogP contribution in [0.25, 0.3) is 0 Å². The monoisotopic (exact) mass is 308 g/mol. The van der Waals surface area contributed by atoms with Crippen molar-refractivity contribution in [3.8, 4) is 0 Å². The molecule has 0 spiro atoms. The predicted octanol–water partition coefficient (Wildman–Crippen LogP) is 4.06. The number of benzene rings is 1. The molecule has 0 radical (unpaired) electrons. The highest BCUT2D eigenvalue weighted by molar-refractivity contribution is 5.26. The first kappa shape index (κ1) is 16.2. The molecule has 0 atom stereocenters. The van der Waals surface area contributed by atoms with Crippen molar-refractivity contribution in [2.75, 3.05) is 20.1 Å². The molecular weight excluding hydrogens is 280 g/mol. The Morgan fingerprint density at radius 2 is 1.91 bits per heavy atom. The van der Waals surface area contributed by atoms with Gasteiger partial charge in [0.15, 0.2) is 0 Å². The summed E-state index contributed by atoms with van der Waals surface area (Å²) in [5.41, 5.74) is 5.54. The minimum Gasteiger partial charge on any atom is -0.306 e. The van der Waals surface area contributed by atoms with Gasteiger partial charge in [0.1, 0.15) is 0 Å². The van der Waals surface area contributed by atoms with Gasteiger partial charge in [-0.05, 0) is 82.3 Å². The van der Waals surface area contributed by atoms with Crippen LogP contribution in [0.4, 0.5) is 0 Å². The van der Waals surface area contributed by atoms with Gasteiger partial charge in [0.05, 0.1) is 0 Å². The number of piperidine rings is 1. The average Bonchev–Trinajstić information content (AvgIpc) is 2.56. The van der Waals surface area contributed by atoms with Gasteiger partial charge >= 0.3 is 0 Å². The molecule has 0 aliphatic carbocycles. The first-order valence-corrected chi connectivity index (χ1v) is 8.87. The molecule has 1 fully saturated rings. The molecule has 2 aromatic rings. The SMILES string of the molecule is Cc1cccc(CCc2cccnc2CC2CCN(C)CC2)c1. The van der Waals surface area contributed by atoms with Crippen LogP contribution in [0.15, 0.2) is 42.6 Å². The van der Waals surface area contributed by atoms with E-state index in [2.05, 4.69) is 55.3 Å². The summed E-state index contributed by atoms with van der Waals surface area (Å²) in [6.07, 6.45) is 7.93. The fourth-order valence-electron chi connectivity index (χ4n) is 3.57. The molecule has 2 nitrogen and oxygen atoms in total. The fraction of sp³-hybridized carbons (Fsp3) is 0.476. The maximum absolute atomic E-state index is 4.71. The van der Waals surface area contributed by atoms with E-state index in [1.165, 1.54) is 48.3 Å². The summed E-state index contributed by atoms with van der Waals surface area (Å²) in [6, 6.07) is 13.2. The molecule has 1 aromatic heterocycles. The number of aryl methyl sites for hydroxylation is 3. The normalized spacial score (nSPS) is 16.6. The molecule has 1 aliphatic heterocycles. The van der Waals surface area contributed by atoms with Gasteiger partial charge in [-0.25, -0.2) is 0 Å². The Morgan fingerprint density at radius 3 is 2.70 bits per heavy atom. The van der Waals surface area contributed by atoms with Gasteiger partial charge in [0.25, 0.3) is 0 Å². The van der Waals surface area contributed by atoms with Crippen molar-refractivity contribution in [2.45, 2.75) is 39.0 Å². The number of nitrogens with zero attached hydrogens (tertiary/aromatic N) is 2. The Balaban J connectivity index is 1.63. The summed E-state index contributed by atoms with van der Waals surface area (Å²) in [7, 11) is 2.23. The lowest BCUT2D eigenvalue weighted by Gasteiger charge is -2.29. The predicted molar refractivity (Wildman–Crippen MR) is 96.7 cm³/mol. The van der Waals surface area contributed by atoms with Crippen LogP contribution in [0.3, 0.4) is 0 Å². The molecule has 0 N–H and O–H groups in total. The van der Waals surface area contributed by atoms with E-state index in [1.807, 2.05) is 6.20 Å². The Kier molecular flexibility index (Phi) is 5.45. The lowest BCUT2D eigenvalue weighted by Crippen LogP contribution is -2.31. The van der Waals surface area contributed by atoms with Crippen molar-refractivity contribution in [1.29, 1.82) is 0 Å². The van der Waals surface area contributed by atoms with Crippen molar-refractivity contribution in [2.24, 2.45) is 5.92 Å². The van der Waals surface area contributed by atoms with Crippen LogP contribution in [-0.2, 0) is 19.3 Å². The molecule has 2 heterocycles. The Morgan fingerprint density at radius 1 is 1.09 bits per heavy atom. The van der Waals surface area contributed by atoms with Crippen molar-refractivity contribution >= 4 is 0 Å². The molecule has 1 saturated heterocycles. The minimum absolute atomic E-state index is 0.804. The minimum atomic E-state index is 0.804. The molecule has 122 valence electrons. The van der Waals surface area contributed by atoms with E-state index in [-0.39, 0.29) is 0 Å². The molecule has 2 heteroatoms. The first-order valence-electron chi connectivity index (χ1n) is 8.87. The number of hydrogen-bond donors (Lipinski definition) is 0. The number of likely N-dealkylation sites (tertiary alicyclic amines) is 1. The zero-order valence-electron chi connectivity index (χ0n) is 14.5. The second-order valence-corrected chi connectivity index (χ2v) is 7.05. The standard InChI is InChI=1S/C21H28N2/c1-17-5-3-6-18(15-17)8-9-20-7-4-12-22-21(20)16-19-10-13-23(2)14-11-19/h3-7,12,15,19H,8-11,13-14,16H2,1-2H3. The summed E-state index contributed by atoms with van der Waals surface area (Å²) in [4.78, 5) is 7.15. The highest BCUT2D eigenvalue weighted by Gasteiger charge is 2.18. The molecule has 0 saturated carbocycles. The van der Waals surface area contributed by atoms with E-state index in [1.54, 1.807) is 0 Å². The third-order valence-corrected chi connectivity index (χ3v) is 5.07. The van der Waals surface area contributed by atoms with Gasteiger partial charge < -0.3 is 4.90 Å². The van der Waals surface area contributed by atoms with Gasteiger partial charge in [-0.15, -0.1) is 0 Å². The van der Waals surface area contributed by atoms with Crippen LogP contribution in [0.1, 0.15) is 35.2 Å². The highest BCUT2D eigenvalue weighted by Crippen LogP contribution is 2.22. The van der Waals surface area contributed by atoms with E-state index in [4.69, 9.17) is 4.98 Å². The van der Waals surface area contributed by atoms with Gasteiger partial charge in [-0.3, -0.25) is 4.98 Å². The molecule has 23 heavy (non-hydrogen) atoms. The van der Waals surface area contributed by atoms with Crippen molar-refractivity contribution in [3.63, 3.8) is 0 Å². The lowest BCUT2D eigenvalue weighted by atomic mass is 9.90. The first-order chi connectivity index (χ1) is 11.2. The van der Waals surface area contributed by atoms with Crippen LogP contribution < -0.4 is 0 Å². The fourth-order valence-corrected chi connectivity index (χ4v) is 3.57. The molecule has 0 unspecified atom stereocenters. The second-order valence-electron chi connectivity index (χ2n) is 7.05. The molecular formula is C21H28N2. The quantitative estimate of drug-likeness (QED) is 0.828. The van der Waals surface area contributed by atoms with Crippen LogP contribution in [0.5, 0.6) is 0 Å². The van der Waals surface area contributed by atoms with E-state index in [9.17, 15) is 0 Å². The Labute approximate surface area is 140 Å². The Hall–Kier alpha value is -1.67. The number of rotatable bonds is 5. The molecule has 0 amide bonds. The topological polar surface area (TPSA) is 16.1 Å². The lowest BCUT2D eigenvalue weighted by molar-refractivity contribution is 0.218. The summed E-state index contributed by atoms with van der Waals surface area (Å²) in [5.74, 6) is 0.804. The van der Waals surface area contributed by atoms with Crippen molar-refractivity contribution < 1.29 is 0 Å². The maximum Gasteiger partial charge on any atom is 0.0438 e. The zero-order valence-corrected chi connectivity index (χ0v) is 14.5. The van der Waals surface area contributed by atoms with Gasteiger partial charge in [0.2, 0.25) is 0 Å². The second kappa shape index (κ2) is 7.74. The van der Waals surface area contributed by atoms with Gasteiger partial charge in [-0.2, -0.15) is 0 Å². The Bertz CT molecular complexity index is 627. The number of aromatic nitrogens is 1. The maximum atomic E-state index is 4.71. The number of hydrogen-bond acceptors (Lipinski definition) is 2. The van der Waals surface area contributed by atoms with E-state index in [0.717, 1.165) is 25.2 Å². The summed E-state index contributed by atoms with van der Waals surface area (Å²) < 4.78 is 0. The molecule has 3 rings (SSSR count). The van der Waals surface area contributed by atoms with Crippen molar-refractivity contribution in [3.05, 3.63) is 65.0 Å². The summed E-state index contributed by atoms with van der Waals surface area (Å²) in [6.45, 7) is 4.63. The van der Waals surface area contributed by atoms with E-state index >= 15 is 0 Å². The summed E-state index contributed by atoms with van der Waals surface area (Å²) in [5, 5.41) is 0. The van der Waals surface area contributed by atoms with Crippen LogP contribution >= 0.6 is 0 Å². The van der Waals surface area contributed by atoms with Gasteiger partial charge in [0, 0.05) is 11.9 Å². The van der Waals surface area contributed by atoms with Gasteiger partial charge in [-0.1, -0.05) is 35.9 Å². The van der Waals surface area contributed by atoms with E-state index < -0.39 is 0 Å². The highest BCUT2D eigenvalue weighted by atomic mass is 15.1. The number of pyridine rings is 1. The van der Waals surface area contributed by atoms with Crippen LogP contribution in [0.2, 0.25) is 0 Å². The summed E-state index contributed by atoms with van der Waals surface area (Å²) >= 11 is 0. The average molecular weight is 308 g/mol. The molecule has 1 aromatic carbocycles.